The Balaban J connectivity index is 2.51. The number of methoxy groups -OCH3 is 1. The van der Waals surface area contributed by atoms with Crippen molar-refractivity contribution in [3.8, 4) is 0 Å². The quantitative estimate of drug-likeness (QED) is 0.710. The summed E-state index contributed by atoms with van der Waals surface area (Å²) < 4.78 is 50.9. The maximum Gasteiger partial charge on any atom is 0.573 e. The van der Waals surface area contributed by atoms with Crippen LogP contribution in [0, 0.1) is 0 Å². The molecule has 0 unspecified atom stereocenters. The number of hydrogen-bond donors (Lipinski definition) is 0. The fourth-order valence-electron chi connectivity index (χ4n) is 2.33. The molecule has 0 spiro atoms. The summed E-state index contributed by atoms with van der Waals surface area (Å²) in [4.78, 5) is 36.3. The maximum atomic E-state index is 12.6. The molecule has 0 bridgehead atoms. The predicted molar refractivity (Wildman–Crippen MR) is 80.2 cm³/mol. The molecule has 0 N–H and O–H groups in total. The average molecular weight is 373 g/mol. The molecule has 1 amide bonds. The Hall–Kier alpha value is -3.04. The van der Waals surface area contributed by atoms with Crippen LogP contribution >= 0.6 is 0 Å². The SMILES string of the molecule is CCOC(=O)CN1C(=O)C(OC(F)(F)F)=C1c1ccccc1C(=O)OC. The van der Waals surface area contributed by atoms with Gasteiger partial charge in [0.2, 0.25) is 5.76 Å². The van der Waals surface area contributed by atoms with E-state index < -0.39 is 36.5 Å². The normalized spacial score (nSPS) is 14.0. The van der Waals surface area contributed by atoms with Crippen LogP contribution in [0.2, 0.25) is 0 Å². The van der Waals surface area contributed by atoms with Crippen molar-refractivity contribution in [1.82, 2.24) is 4.90 Å². The summed E-state index contributed by atoms with van der Waals surface area (Å²) >= 11 is 0. The predicted octanol–water partition coefficient (Wildman–Crippen LogP) is 2.08. The zero-order valence-corrected chi connectivity index (χ0v) is 13.8. The van der Waals surface area contributed by atoms with E-state index in [0.717, 1.165) is 12.0 Å². The van der Waals surface area contributed by atoms with E-state index in [1.165, 1.54) is 31.2 Å². The van der Waals surface area contributed by atoms with Crippen LogP contribution in [0.1, 0.15) is 22.8 Å². The number of alkyl halides is 3. The van der Waals surface area contributed by atoms with Crippen molar-refractivity contribution in [3.63, 3.8) is 0 Å². The van der Waals surface area contributed by atoms with Crippen LogP contribution in [-0.4, -0.2) is 49.4 Å². The molecule has 1 aliphatic rings. The first kappa shape index (κ1) is 19.3. The molecule has 26 heavy (non-hydrogen) atoms. The van der Waals surface area contributed by atoms with Gasteiger partial charge in [-0.2, -0.15) is 0 Å². The summed E-state index contributed by atoms with van der Waals surface area (Å²) in [5.74, 6) is -3.81. The van der Waals surface area contributed by atoms with E-state index in [2.05, 4.69) is 9.47 Å². The van der Waals surface area contributed by atoms with Crippen molar-refractivity contribution in [2.24, 2.45) is 0 Å². The molecular weight excluding hydrogens is 359 g/mol. The molecule has 0 saturated heterocycles. The van der Waals surface area contributed by atoms with Crippen LogP contribution in [0.15, 0.2) is 30.0 Å². The summed E-state index contributed by atoms with van der Waals surface area (Å²) in [6.45, 7) is 0.949. The molecule has 1 aromatic rings. The molecule has 7 nitrogen and oxygen atoms in total. The molecule has 10 heteroatoms. The fourth-order valence-corrected chi connectivity index (χ4v) is 2.33. The lowest BCUT2D eigenvalue weighted by atomic mass is 9.97. The minimum absolute atomic E-state index is 0.0323. The van der Waals surface area contributed by atoms with Crippen LogP contribution in [0.3, 0.4) is 0 Å². The van der Waals surface area contributed by atoms with Gasteiger partial charge in [-0.3, -0.25) is 14.5 Å². The largest absolute Gasteiger partial charge is 0.573 e. The smallest absolute Gasteiger partial charge is 0.465 e. The van der Waals surface area contributed by atoms with E-state index in [1.54, 1.807) is 0 Å². The van der Waals surface area contributed by atoms with Crippen molar-refractivity contribution in [3.05, 3.63) is 41.2 Å². The Kier molecular flexibility index (Phi) is 5.53. The van der Waals surface area contributed by atoms with Gasteiger partial charge >= 0.3 is 18.3 Å². The number of carbonyl (C=O) groups excluding carboxylic acids is 3. The summed E-state index contributed by atoms with van der Waals surface area (Å²) in [5.41, 5.74) is -0.474. The second kappa shape index (κ2) is 7.46. The van der Waals surface area contributed by atoms with Crippen molar-refractivity contribution >= 4 is 23.5 Å². The second-order valence-electron chi connectivity index (χ2n) is 4.96. The van der Waals surface area contributed by atoms with E-state index in [1.807, 2.05) is 0 Å². The molecule has 0 radical (unpaired) electrons. The van der Waals surface area contributed by atoms with E-state index in [4.69, 9.17) is 4.74 Å². The third kappa shape index (κ3) is 3.95. The Labute approximate surface area is 145 Å². The van der Waals surface area contributed by atoms with Gasteiger partial charge < -0.3 is 14.2 Å². The van der Waals surface area contributed by atoms with Gasteiger partial charge in [0.25, 0.3) is 5.91 Å². The van der Waals surface area contributed by atoms with E-state index in [0.29, 0.717) is 0 Å². The number of nitrogens with zero attached hydrogens (tertiary/aromatic N) is 1. The lowest BCUT2D eigenvalue weighted by molar-refractivity contribution is -0.306. The number of hydrogen-bond acceptors (Lipinski definition) is 6. The van der Waals surface area contributed by atoms with E-state index in [9.17, 15) is 27.6 Å². The van der Waals surface area contributed by atoms with Crippen molar-refractivity contribution in [1.29, 1.82) is 0 Å². The molecule has 0 fully saturated rings. The molecule has 0 aromatic heterocycles. The van der Waals surface area contributed by atoms with Crippen LogP contribution in [0.5, 0.6) is 0 Å². The minimum Gasteiger partial charge on any atom is -0.465 e. The molecule has 0 saturated carbocycles. The van der Waals surface area contributed by atoms with Gasteiger partial charge in [-0.25, -0.2) is 4.79 Å². The fraction of sp³-hybridized carbons (Fsp3) is 0.312. The van der Waals surface area contributed by atoms with Crippen molar-refractivity contribution < 1.29 is 41.8 Å². The van der Waals surface area contributed by atoms with Crippen LogP contribution in [-0.2, 0) is 23.8 Å². The molecule has 0 aliphatic carbocycles. The minimum atomic E-state index is -5.12. The Morgan fingerprint density at radius 1 is 1.19 bits per heavy atom. The van der Waals surface area contributed by atoms with Crippen molar-refractivity contribution in [2.45, 2.75) is 13.3 Å². The molecule has 0 atom stereocenters. The van der Waals surface area contributed by atoms with Gasteiger partial charge in [0.1, 0.15) is 12.2 Å². The summed E-state index contributed by atoms with van der Waals surface area (Å²) in [6, 6.07) is 5.54. The monoisotopic (exact) mass is 373 g/mol. The number of esters is 2. The molecular formula is C16H14F3NO6. The number of rotatable bonds is 6. The van der Waals surface area contributed by atoms with Gasteiger partial charge in [0.15, 0.2) is 0 Å². The highest BCUT2D eigenvalue weighted by atomic mass is 19.4. The lowest BCUT2D eigenvalue weighted by Gasteiger charge is -2.35. The van der Waals surface area contributed by atoms with Gasteiger partial charge in [0, 0.05) is 5.56 Å². The molecule has 1 heterocycles. The topological polar surface area (TPSA) is 82.1 Å². The molecule has 1 aromatic carbocycles. The molecule has 1 aliphatic heterocycles. The Morgan fingerprint density at radius 2 is 1.85 bits per heavy atom. The van der Waals surface area contributed by atoms with Gasteiger partial charge in [0.05, 0.1) is 19.3 Å². The van der Waals surface area contributed by atoms with E-state index in [-0.39, 0.29) is 23.4 Å². The number of benzene rings is 1. The summed E-state index contributed by atoms with van der Waals surface area (Å²) in [7, 11) is 1.10. The number of halogens is 3. The zero-order chi connectivity index (χ0) is 19.5. The van der Waals surface area contributed by atoms with E-state index >= 15 is 0 Å². The first-order valence-electron chi connectivity index (χ1n) is 7.34. The highest BCUT2D eigenvalue weighted by molar-refractivity contribution is 6.15. The maximum absolute atomic E-state index is 12.6. The standard InChI is InChI=1S/C16H14F3NO6/c1-3-25-11(21)8-20-12(13(14(20)22)26-16(17,18)19)9-6-4-5-7-10(9)15(23)24-2/h4-7H,3,8H2,1-2H3. The first-order valence-corrected chi connectivity index (χ1v) is 7.34. The van der Waals surface area contributed by atoms with Gasteiger partial charge in [-0.15, -0.1) is 13.2 Å². The average Bonchev–Trinajstić information content (AvgIpc) is 2.59. The Morgan fingerprint density at radius 3 is 2.42 bits per heavy atom. The number of carbonyl (C=O) groups is 3. The van der Waals surface area contributed by atoms with Gasteiger partial charge in [-0.05, 0) is 13.0 Å². The number of amides is 1. The first-order chi connectivity index (χ1) is 12.2. The second-order valence-corrected chi connectivity index (χ2v) is 4.96. The zero-order valence-electron chi connectivity index (χ0n) is 13.8. The number of ether oxygens (including phenoxy) is 3. The van der Waals surface area contributed by atoms with Gasteiger partial charge in [-0.1, -0.05) is 18.2 Å². The third-order valence-electron chi connectivity index (χ3n) is 3.32. The summed E-state index contributed by atoms with van der Waals surface area (Å²) in [6.07, 6.45) is -5.12. The highest BCUT2D eigenvalue weighted by Gasteiger charge is 2.47. The van der Waals surface area contributed by atoms with Crippen molar-refractivity contribution in [2.75, 3.05) is 20.3 Å². The summed E-state index contributed by atoms with van der Waals surface area (Å²) in [5, 5.41) is 0. The molecule has 2 rings (SSSR count). The van der Waals surface area contributed by atoms with Crippen LogP contribution in [0.4, 0.5) is 13.2 Å². The van der Waals surface area contributed by atoms with Crippen LogP contribution in [0.25, 0.3) is 5.70 Å². The highest BCUT2D eigenvalue weighted by Crippen LogP contribution is 2.39. The van der Waals surface area contributed by atoms with Crippen LogP contribution < -0.4 is 0 Å². The lowest BCUT2D eigenvalue weighted by Crippen LogP contribution is -2.46. The molecule has 140 valence electrons. The third-order valence-corrected chi connectivity index (χ3v) is 3.32. The Bertz CT molecular complexity index is 771.